The Hall–Kier alpha value is -1.75. The summed E-state index contributed by atoms with van der Waals surface area (Å²) >= 11 is 1.17. The maximum Gasteiger partial charge on any atom is 0.210 e. The molecule has 104 valence electrons. The lowest BCUT2D eigenvalue weighted by Gasteiger charge is -2.19. The number of hydrogen-bond donors (Lipinski definition) is 0. The number of hydrogen-bond acceptors (Lipinski definition) is 5. The summed E-state index contributed by atoms with van der Waals surface area (Å²) in [6, 6.07) is 5.78. The number of benzene rings is 1. The van der Waals surface area contributed by atoms with Crippen LogP contribution < -0.4 is 4.74 Å². The highest BCUT2D eigenvalue weighted by Crippen LogP contribution is 2.32. The highest BCUT2D eigenvalue weighted by Gasteiger charge is 2.25. The van der Waals surface area contributed by atoms with E-state index in [1.165, 1.54) is 11.5 Å². The predicted molar refractivity (Wildman–Crippen MR) is 77.7 cm³/mol. The van der Waals surface area contributed by atoms with Gasteiger partial charge in [-0.05, 0) is 41.9 Å². The van der Waals surface area contributed by atoms with Crippen molar-refractivity contribution in [3.63, 3.8) is 0 Å². The van der Waals surface area contributed by atoms with Crippen LogP contribution in [0.15, 0.2) is 18.2 Å². The van der Waals surface area contributed by atoms with Crippen molar-refractivity contribution >= 4 is 17.3 Å². The second kappa shape index (κ2) is 5.32. The number of fused-ring (bicyclic) bond motifs is 1. The lowest BCUT2D eigenvalue weighted by atomic mass is 9.98. The van der Waals surface area contributed by atoms with Gasteiger partial charge in [-0.3, -0.25) is 4.79 Å². The average Bonchev–Trinajstić information content (AvgIpc) is 2.95. The first-order valence-corrected chi connectivity index (χ1v) is 7.57. The molecule has 1 aliphatic heterocycles. The van der Waals surface area contributed by atoms with Crippen LogP contribution in [0.4, 0.5) is 0 Å². The molecule has 2 aromatic rings. The number of rotatable bonds is 3. The molecule has 0 fully saturated rings. The second-order valence-electron chi connectivity index (χ2n) is 5.22. The zero-order valence-electron chi connectivity index (χ0n) is 11.5. The van der Waals surface area contributed by atoms with Crippen LogP contribution >= 0.6 is 11.5 Å². The predicted octanol–water partition coefficient (Wildman–Crippen LogP) is 3.22. The Labute approximate surface area is 122 Å². The van der Waals surface area contributed by atoms with E-state index in [0.29, 0.717) is 17.0 Å². The zero-order chi connectivity index (χ0) is 14.1. The Morgan fingerprint density at radius 3 is 3.05 bits per heavy atom. The fourth-order valence-electron chi connectivity index (χ4n) is 2.42. The molecular formula is C15H16N2O2S. The van der Waals surface area contributed by atoms with Crippen molar-refractivity contribution in [3.8, 4) is 5.75 Å². The molecule has 0 bridgehead atoms. The molecule has 5 heteroatoms. The molecule has 0 spiro atoms. The maximum absolute atomic E-state index is 12.8. The van der Waals surface area contributed by atoms with Crippen molar-refractivity contribution in [3.05, 3.63) is 39.9 Å². The molecule has 0 saturated carbocycles. The number of ketones is 1. The van der Waals surface area contributed by atoms with Crippen molar-refractivity contribution in [1.29, 1.82) is 0 Å². The monoisotopic (exact) mass is 288 g/mol. The maximum atomic E-state index is 12.8. The molecule has 4 nitrogen and oxygen atoms in total. The number of aromatic nitrogens is 2. The third-order valence-corrected chi connectivity index (χ3v) is 4.18. The lowest BCUT2D eigenvalue weighted by Crippen LogP contribution is -2.13. The third-order valence-electron chi connectivity index (χ3n) is 3.44. The van der Waals surface area contributed by atoms with Gasteiger partial charge in [-0.2, -0.15) is 0 Å². The Bertz CT molecular complexity index is 649. The number of ether oxygens (including phenoxy) is 1. The summed E-state index contributed by atoms with van der Waals surface area (Å²) in [5, 5.41) is 4.08. The number of carbonyl (C=O) groups is 1. The van der Waals surface area contributed by atoms with Crippen LogP contribution in [-0.4, -0.2) is 22.0 Å². The number of carbonyl (C=O) groups excluding carboxylic acids is 1. The molecule has 1 aromatic heterocycles. The summed E-state index contributed by atoms with van der Waals surface area (Å²) in [5.41, 5.74) is 2.52. The van der Waals surface area contributed by atoms with Gasteiger partial charge >= 0.3 is 0 Å². The summed E-state index contributed by atoms with van der Waals surface area (Å²) in [6.07, 6.45) is 1.97. The van der Waals surface area contributed by atoms with E-state index >= 15 is 0 Å². The van der Waals surface area contributed by atoms with Crippen molar-refractivity contribution in [2.75, 3.05) is 6.61 Å². The molecular weight excluding hydrogens is 272 g/mol. The van der Waals surface area contributed by atoms with Crippen LogP contribution in [0.1, 0.15) is 52.7 Å². The fourth-order valence-corrected chi connectivity index (χ4v) is 3.20. The van der Waals surface area contributed by atoms with Crippen LogP contribution in [0.2, 0.25) is 0 Å². The van der Waals surface area contributed by atoms with Gasteiger partial charge in [-0.25, -0.2) is 0 Å². The number of aryl methyl sites for hydroxylation is 1. The van der Waals surface area contributed by atoms with E-state index in [-0.39, 0.29) is 11.7 Å². The fraction of sp³-hybridized carbons (Fsp3) is 0.400. The molecule has 20 heavy (non-hydrogen) atoms. The minimum atomic E-state index is -0.0255. The van der Waals surface area contributed by atoms with Crippen LogP contribution in [0.25, 0.3) is 0 Å². The molecule has 1 aromatic carbocycles. The molecule has 0 N–H and O–H groups in total. The van der Waals surface area contributed by atoms with Gasteiger partial charge in [0.2, 0.25) is 5.78 Å². The number of nitrogens with zero attached hydrogens (tertiary/aromatic N) is 2. The van der Waals surface area contributed by atoms with Gasteiger partial charge in [0, 0.05) is 0 Å². The van der Waals surface area contributed by atoms with Gasteiger partial charge in [-0.15, -0.1) is 5.10 Å². The standard InChI is InChI=1S/C15H16N2O2S/c1-9(2)12-15(20-17-16-12)13(18)11-7-3-5-10-6-4-8-19-14(10)11/h3,5,7,9H,4,6,8H2,1-2H3. The minimum Gasteiger partial charge on any atom is -0.493 e. The van der Waals surface area contributed by atoms with Gasteiger partial charge in [0.05, 0.1) is 17.9 Å². The largest absolute Gasteiger partial charge is 0.493 e. The van der Waals surface area contributed by atoms with Gasteiger partial charge in [0.25, 0.3) is 0 Å². The Kier molecular flexibility index (Phi) is 3.53. The van der Waals surface area contributed by atoms with Crippen LogP contribution in [-0.2, 0) is 6.42 Å². The van der Waals surface area contributed by atoms with Crippen molar-refractivity contribution in [1.82, 2.24) is 9.59 Å². The van der Waals surface area contributed by atoms with Crippen molar-refractivity contribution < 1.29 is 9.53 Å². The minimum absolute atomic E-state index is 0.0255. The molecule has 0 unspecified atom stereocenters. The van der Waals surface area contributed by atoms with E-state index in [1.807, 2.05) is 32.0 Å². The summed E-state index contributed by atoms with van der Waals surface area (Å²) in [5.74, 6) is 0.905. The van der Waals surface area contributed by atoms with Gasteiger partial charge in [0.1, 0.15) is 10.6 Å². The highest BCUT2D eigenvalue weighted by molar-refractivity contribution is 7.08. The zero-order valence-corrected chi connectivity index (χ0v) is 12.4. The smallest absolute Gasteiger partial charge is 0.210 e. The van der Waals surface area contributed by atoms with Crippen LogP contribution in [0.5, 0.6) is 5.75 Å². The van der Waals surface area contributed by atoms with Crippen molar-refractivity contribution in [2.24, 2.45) is 0 Å². The first-order valence-electron chi connectivity index (χ1n) is 6.80. The van der Waals surface area contributed by atoms with Crippen molar-refractivity contribution in [2.45, 2.75) is 32.6 Å². The summed E-state index contributed by atoms with van der Waals surface area (Å²) in [6.45, 7) is 4.71. The van der Waals surface area contributed by atoms with E-state index in [1.54, 1.807) is 0 Å². The van der Waals surface area contributed by atoms with E-state index < -0.39 is 0 Å². The Morgan fingerprint density at radius 1 is 1.40 bits per heavy atom. The quantitative estimate of drug-likeness (QED) is 0.814. The third kappa shape index (κ3) is 2.22. The molecule has 3 rings (SSSR count). The lowest BCUT2D eigenvalue weighted by molar-refractivity contribution is 0.103. The molecule has 0 atom stereocenters. The van der Waals surface area contributed by atoms with Crippen LogP contribution in [0.3, 0.4) is 0 Å². The van der Waals surface area contributed by atoms with Gasteiger partial charge < -0.3 is 4.74 Å². The van der Waals surface area contributed by atoms with Gasteiger partial charge in [0.15, 0.2) is 0 Å². The average molecular weight is 288 g/mol. The van der Waals surface area contributed by atoms with Crippen LogP contribution in [0, 0.1) is 0 Å². The Balaban J connectivity index is 2.05. The van der Waals surface area contributed by atoms with E-state index in [9.17, 15) is 4.79 Å². The molecule has 1 aliphatic rings. The summed E-state index contributed by atoms with van der Waals surface area (Å²) in [4.78, 5) is 13.4. The van der Waals surface area contributed by atoms with Gasteiger partial charge in [-0.1, -0.05) is 30.5 Å². The first-order chi connectivity index (χ1) is 9.68. The molecule has 0 amide bonds. The number of para-hydroxylation sites is 1. The highest BCUT2D eigenvalue weighted by atomic mass is 32.1. The molecule has 0 saturated heterocycles. The molecule has 2 heterocycles. The first kappa shape index (κ1) is 13.2. The Morgan fingerprint density at radius 2 is 2.25 bits per heavy atom. The second-order valence-corrected chi connectivity index (χ2v) is 5.97. The summed E-state index contributed by atoms with van der Waals surface area (Å²) in [7, 11) is 0. The van der Waals surface area contributed by atoms with E-state index in [4.69, 9.17) is 4.74 Å². The summed E-state index contributed by atoms with van der Waals surface area (Å²) < 4.78 is 9.65. The van der Waals surface area contributed by atoms with E-state index in [0.717, 1.165) is 29.8 Å². The normalized spacial score (nSPS) is 13.9. The van der Waals surface area contributed by atoms with E-state index in [2.05, 4.69) is 9.59 Å². The molecule has 0 aliphatic carbocycles. The topological polar surface area (TPSA) is 52.1 Å². The molecule has 0 radical (unpaired) electrons. The SMILES string of the molecule is CC(C)c1nnsc1C(=O)c1cccc2c1OCCC2.